The van der Waals surface area contributed by atoms with Gasteiger partial charge >= 0.3 is 0 Å². The standard InChI is InChI=1S/C20H18ClFN2O2S/c1-13-11-16(8-9-17(13)21)26-10-2-3-19(25)24-20-23-18(12-27-20)14-4-6-15(22)7-5-14/h4-9,11-12H,2-3,10H2,1H3,(H,23,24,25). The number of hydrogen-bond acceptors (Lipinski definition) is 4. The second kappa shape index (κ2) is 8.97. The molecule has 7 heteroatoms. The molecule has 1 N–H and O–H groups in total. The van der Waals surface area contributed by atoms with E-state index in [0.717, 1.165) is 16.9 Å². The van der Waals surface area contributed by atoms with Gasteiger partial charge in [-0.3, -0.25) is 4.79 Å². The monoisotopic (exact) mass is 404 g/mol. The van der Waals surface area contributed by atoms with Crippen LogP contribution in [0.2, 0.25) is 5.02 Å². The second-order valence-electron chi connectivity index (χ2n) is 5.96. The number of amides is 1. The third-order valence-corrected chi connectivity index (χ3v) is 5.02. The number of halogens is 2. The number of nitrogens with one attached hydrogen (secondary N) is 1. The van der Waals surface area contributed by atoms with Crippen LogP contribution in [0.3, 0.4) is 0 Å². The second-order valence-corrected chi connectivity index (χ2v) is 7.22. The number of carbonyl (C=O) groups excluding carboxylic acids is 1. The lowest BCUT2D eigenvalue weighted by Crippen LogP contribution is -2.12. The number of rotatable bonds is 7. The Hall–Kier alpha value is -2.44. The topological polar surface area (TPSA) is 51.2 Å². The van der Waals surface area contributed by atoms with E-state index in [1.807, 2.05) is 24.4 Å². The van der Waals surface area contributed by atoms with Crippen LogP contribution in [-0.4, -0.2) is 17.5 Å². The van der Waals surface area contributed by atoms with Crippen molar-refractivity contribution in [1.29, 1.82) is 0 Å². The molecule has 1 amide bonds. The largest absolute Gasteiger partial charge is 0.494 e. The Bertz CT molecular complexity index is 928. The summed E-state index contributed by atoms with van der Waals surface area (Å²) in [5.41, 5.74) is 2.46. The fraction of sp³-hybridized carbons (Fsp3) is 0.200. The first-order valence-corrected chi connectivity index (χ1v) is 9.67. The van der Waals surface area contributed by atoms with Gasteiger partial charge in [-0.2, -0.15) is 0 Å². The molecule has 3 aromatic rings. The Balaban J connectivity index is 1.44. The van der Waals surface area contributed by atoms with E-state index in [1.165, 1.54) is 23.5 Å². The maximum Gasteiger partial charge on any atom is 0.226 e. The highest BCUT2D eigenvalue weighted by molar-refractivity contribution is 7.14. The average molecular weight is 405 g/mol. The molecule has 0 spiro atoms. The van der Waals surface area contributed by atoms with E-state index in [2.05, 4.69) is 10.3 Å². The van der Waals surface area contributed by atoms with Crippen molar-refractivity contribution in [3.63, 3.8) is 0 Å². The van der Waals surface area contributed by atoms with E-state index in [4.69, 9.17) is 16.3 Å². The molecule has 0 atom stereocenters. The fourth-order valence-corrected chi connectivity index (χ4v) is 3.25. The van der Waals surface area contributed by atoms with Gasteiger partial charge in [-0.05, 0) is 61.4 Å². The minimum atomic E-state index is -0.293. The lowest BCUT2D eigenvalue weighted by Gasteiger charge is -2.07. The molecule has 27 heavy (non-hydrogen) atoms. The smallest absolute Gasteiger partial charge is 0.226 e. The van der Waals surface area contributed by atoms with Crippen LogP contribution in [0.5, 0.6) is 5.75 Å². The molecule has 0 saturated heterocycles. The highest BCUT2D eigenvalue weighted by Crippen LogP contribution is 2.25. The summed E-state index contributed by atoms with van der Waals surface area (Å²) in [5, 5.41) is 5.83. The van der Waals surface area contributed by atoms with E-state index >= 15 is 0 Å². The number of anilines is 1. The van der Waals surface area contributed by atoms with Gasteiger partial charge in [0.2, 0.25) is 5.91 Å². The molecule has 3 rings (SSSR count). The summed E-state index contributed by atoms with van der Waals surface area (Å²) in [6, 6.07) is 11.6. The van der Waals surface area contributed by atoms with Crippen LogP contribution in [0.1, 0.15) is 18.4 Å². The number of hydrogen-bond donors (Lipinski definition) is 1. The molecule has 0 unspecified atom stereocenters. The Kier molecular flexibility index (Phi) is 6.42. The summed E-state index contributed by atoms with van der Waals surface area (Å²) in [7, 11) is 0. The molecule has 0 saturated carbocycles. The van der Waals surface area contributed by atoms with Crippen LogP contribution < -0.4 is 10.1 Å². The van der Waals surface area contributed by atoms with Crippen molar-refractivity contribution in [2.75, 3.05) is 11.9 Å². The summed E-state index contributed by atoms with van der Waals surface area (Å²) < 4.78 is 18.6. The molecular weight excluding hydrogens is 387 g/mol. The number of ether oxygens (including phenoxy) is 1. The summed E-state index contributed by atoms with van der Waals surface area (Å²) in [4.78, 5) is 16.4. The predicted octanol–water partition coefficient (Wildman–Crippen LogP) is 5.71. The minimum Gasteiger partial charge on any atom is -0.494 e. The fourth-order valence-electron chi connectivity index (χ4n) is 2.40. The third kappa shape index (κ3) is 5.52. The van der Waals surface area contributed by atoms with Crippen molar-refractivity contribution in [1.82, 2.24) is 4.98 Å². The van der Waals surface area contributed by atoms with Crippen molar-refractivity contribution < 1.29 is 13.9 Å². The summed E-state index contributed by atoms with van der Waals surface area (Å²) in [6.07, 6.45) is 0.918. The quantitative estimate of drug-likeness (QED) is 0.513. The minimum absolute atomic E-state index is 0.120. The number of thiazole rings is 1. The van der Waals surface area contributed by atoms with E-state index in [0.29, 0.717) is 35.3 Å². The first-order valence-electron chi connectivity index (χ1n) is 8.41. The van der Waals surface area contributed by atoms with Crippen LogP contribution >= 0.6 is 22.9 Å². The van der Waals surface area contributed by atoms with Gasteiger partial charge in [-0.15, -0.1) is 11.3 Å². The molecular formula is C20H18ClFN2O2S. The summed E-state index contributed by atoms with van der Waals surface area (Å²) >= 11 is 7.31. The average Bonchev–Trinajstić information content (AvgIpc) is 3.10. The predicted molar refractivity (Wildman–Crippen MR) is 107 cm³/mol. The maximum atomic E-state index is 13.0. The normalized spacial score (nSPS) is 10.6. The zero-order valence-corrected chi connectivity index (χ0v) is 16.2. The van der Waals surface area contributed by atoms with E-state index in [9.17, 15) is 9.18 Å². The Morgan fingerprint density at radius 2 is 2.04 bits per heavy atom. The van der Waals surface area contributed by atoms with Crippen molar-refractivity contribution in [3.8, 4) is 17.0 Å². The highest BCUT2D eigenvalue weighted by atomic mass is 35.5. The molecule has 2 aromatic carbocycles. The van der Waals surface area contributed by atoms with Crippen LogP contribution in [-0.2, 0) is 4.79 Å². The molecule has 1 heterocycles. The van der Waals surface area contributed by atoms with Gasteiger partial charge in [-0.25, -0.2) is 9.37 Å². The van der Waals surface area contributed by atoms with Crippen molar-refractivity contribution >= 4 is 34.0 Å². The zero-order chi connectivity index (χ0) is 19.2. The lowest BCUT2D eigenvalue weighted by atomic mass is 10.2. The molecule has 0 aliphatic heterocycles. The van der Waals surface area contributed by atoms with Gasteiger partial charge in [0, 0.05) is 22.4 Å². The zero-order valence-electron chi connectivity index (χ0n) is 14.7. The molecule has 4 nitrogen and oxygen atoms in total. The van der Waals surface area contributed by atoms with Gasteiger partial charge in [0.05, 0.1) is 12.3 Å². The van der Waals surface area contributed by atoms with Gasteiger partial charge < -0.3 is 10.1 Å². The molecule has 1 aromatic heterocycles. The molecule has 0 fully saturated rings. The van der Waals surface area contributed by atoms with Gasteiger partial charge in [0.25, 0.3) is 0 Å². The Labute approximate surface area is 166 Å². The number of aryl methyl sites for hydroxylation is 1. The van der Waals surface area contributed by atoms with Gasteiger partial charge in [0.15, 0.2) is 5.13 Å². The highest BCUT2D eigenvalue weighted by Gasteiger charge is 2.08. The van der Waals surface area contributed by atoms with Crippen molar-refractivity contribution in [3.05, 3.63) is 64.2 Å². The van der Waals surface area contributed by atoms with Crippen LogP contribution in [0, 0.1) is 12.7 Å². The summed E-state index contributed by atoms with van der Waals surface area (Å²) in [5.74, 6) is 0.325. The molecule has 0 aliphatic carbocycles. The van der Waals surface area contributed by atoms with Crippen molar-refractivity contribution in [2.45, 2.75) is 19.8 Å². The van der Waals surface area contributed by atoms with E-state index in [1.54, 1.807) is 18.2 Å². The van der Waals surface area contributed by atoms with Crippen molar-refractivity contribution in [2.24, 2.45) is 0 Å². The van der Waals surface area contributed by atoms with Gasteiger partial charge in [0.1, 0.15) is 11.6 Å². The summed E-state index contributed by atoms with van der Waals surface area (Å²) in [6.45, 7) is 2.35. The molecule has 0 bridgehead atoms. The lowest BCUT2D eigenvalue weighted by molar-refractivity contribution is -0.116. The molecule has 0 aliphatic rings. The Morgan fingerprint density at radius 3 is 2.78 bits per heavy atom. The number of carbonyl (C=O) groups is 1. The number of benzene rings is 2. The SMILES string of the molecule is Cc1cc(OCCCC(=O)Nc2nc(-c3ccc(F)cc3)cs2)ccc1Cl. The van der Waals surface area contributed by atoms with Crippen LogP contribution in [0.15, 0.2) is 47.8 Å². The first-order chi connectivity index (χ1) is 13.0. The molecule has 140 valence electrons. The first kappa shape index (κ1) is 19.3. The third-order valence-electron chi connectivity index (χ3n) is 3.84. The Morgan fingerprint density at radius 1 is 1.26 bits per heavy atom. The van der Waals surface area contributed by atoms with E-state index in [-0.39, 0.29) is 11.7 Å². The molecule has 0 radical (unpaired) electrons. The van der Waals surface area contributed by atoms with E-state index < -0.39 is 0 Å². The van der Waals surface area contributed by atoms with Crippen LogP contribution in [0.4, 0.5) is 9.52 Å². The van der Waals surface area contributed by atoms with Crippen LogP contribution in [0.25, 0.3) is 11.3 Å². The number of aromatic nitrogens is 1. The maximum absolute atomic E-state index is 13.0. The number of nitrogens with zero attached hydrogens (tertiary/aromatic N) is 1. The van der Waals surface area contributed by atoms with Gasteiger partial charge in [-0.1, -0.05) is 11.6 Å².